The molecule has 0 saturated carbocycles. The van der Waals surface area contributed by atoms with E-state index in [-0.39, 0.29) is 12.2 Å². The van der Waals surface area contributed by atoms with Crippen molar-refractivity contribution in [2.45, 2.75) is 13.2 Å². The summed E-state index contributed by atoms with van der Waals surface area (Å²) in [4.78, 5) is 29.1. The van der Waals surface area contributed by atoms with Crippen LogP contribution in [0.15, 0.2) is 60.7 Å². The summed E-state index contributed by atoms with van der Waals surface area (Å²) in [5.41, 5.74) is 2.02. The topological polar surface area (TPSA) is 74.3 Å². The van der Waals surface area contributed by atoms with Crippen LogP contribution in [0.25, 0.3) is 0 Å². The molecule has 2 fully saturated rings. The minimum Gasteiger partial charge on any atom is -0.445 e. The first-order chi connectivity index (χ1) is 17.2. The Kier molecular flexibility index (Phi) is 10.9. The van der Waals surface area contributed by atoms with Crippen molar-refractivity contribution in [3.63, 3.8) is 0 Å². The molecule has 35 heavy (non-hydrogen) atoms. The van der Waals surface area contributed by atoms with Crippen LogP contribution in [-0.2, 0) is 22.7 Å². The van der Waals surface area contributed by atoms with Crippen LogP contribution in [0.2, 0.25) is 0 Å². The first-order valence-corrected chi connectivity index (χ1v) is 11.9. The summed E-state index contributed by atoms with van der Waals surface area (Å²) >= 11 is 0. The van der Waals surface area contributed by atoms with Gasteiger partial charge in [-0.1, -0.05) is 66.6 Å². The van der Waals surface area contributed by atoms with E-state index in [2.05, 4.69) is 16.1 Å². The lowest BCUT2D eigenvalue weighted by Crippen LogP contribution is -2.48. The van der Waals surface area contributed by atoms with Gasteiger partial charge in [-0.3, -0.25) is 4.90 Å². The summed E-state index contributed by atoms with van der Waals surface area (Å²) in [7, 11) is 0. The minimum absolute atomic E-state index is 0.217. The van der Waals surface area contributed by atoms with E-state index in [0.717, 1.165) is 50.4 Å². The third-order valence-electron chi connectivity index (χ3n) is 5.73. The molecule has 0 spiro atoms. The number of benzene rings is 2. The molecular formula is C27H34N4O4. The van der Waals surface area contributed by atoms with Gasteiger partial charge in [0.05, 0.1) is 6.54 Å². The predicted molar refractivity (Wildman–Crippen MR) is 135 cm³/mol. The number of hydrogen-bond donors (Lipinski definition) is 1. The fourth-order valence-corrected chi connectivity index (χ4v) is 3.69. The summed E-state index contributed by atoms with van der Waals surface area (Å²) < 4.78 is 10.5. The SMILES string of the molecule is C#CCN1CCN(C(=O)OCc2ccccc2)CC1.O=C(OCc1ccccc1)N1CCNCC1. The number of ether oxygens (including phenoxy) is 2. The fraction of sp³-hybridized carbons (Fsp3) is 0.407. The predicted octanol–water partition coefficient (Wildman–Crippen LogP) is 2.80. The summed E-state index contributed by atoms with van der Waals surface area (Å²) in [6.45, 7) is 7.45. The molecular weight excluding hydrogens is 444 g/mol. The quantitative estimate of drug-likeness (QED) is 0.667. The van der Waals surface area contributed by atoms with Gasteiger partial charge in [-0.2, -0.15) is 0 Å². The van der Waals surface area contributed by atoms with E-state index in [1.165, 1.54) is 0 Å². The highest BCUT2D eigenvalue weighted by atomic mass is 16.6. The largest absolute Gasteiger partial charge is 0.445 e. The molecule has 8 heteroatoms. The number of piperazine rings is 2. The first kappa shape index (κ1) is 26.1. The molecule has 2 aromatic carbocycles. The van der Waals surface area contributed by atoms with Crippen molar-refractivity contribution in [2.24, 2.45) is 0 Å². The summed E-state index contributed by atoms with van der Waals surface area (Å²) in [6, 6.07) is 19.4. The molecule has 2 aliphatic heterocycles. The Morgan fingerprint density at radius 1 is 0.743 bits per heavy atom. The van der Waals surface area contributed by atoms with Crippen LogP contribution >= 0.6 is 0 Å². The molecule has 2 amide bonds. The van der Waals surface area contributed by atoms with Crippen molar-refractivity contribution in [3.05, 3.63) is 71.8 Å². The molecule has 4 rings (SSSR count). The Labute approximate surface area is 207 Å². The van der Waals surface area contributed by atoms with Crippen molar-refractivity contribution in [1.82, 2.24) is 20.0 Å². The Bertz CT molecular complexity index is 935. The second kappa shape index (κ2) is 14.7. The van der Waals surface area contributed by atoms with Crippen molar-refractivity contribution < 1.29 is 19.1 Å². The molecule has 0 atom stereocenters. The molecule has 1 N–H and O–H groups in total. The van der Waals surface area contributed by atoms with E-state index in [0.29, 0.717) is 32.8 Å². The third kappa shape index (κ3) is 9.32. The van der Waals surface area contributed by atoms with Gasteiger partial charge < -0.3 is 24.6 Å². The van der Waals surface area contributed by atoms with Gasteiger partial charge in [0.2, 0.25) is 0 Å². The van der Waals surface area contributed by atoms with Crippen LogP contribution in [0.3, 0.4) is 0 Å². The highest BCUT2D eigenvalue weighted by molar-refractivity contribution is 5.68. The Balaban J connectivity index is 0.000000198. The summed E-state index contributed by atoms with van der Waals surface area (Å²) in [6.07, 6.45) is 4.81. The lowest BCUT2D eigenvalue weighted by molar-refractivity contribution is 0.0745. The summed E-state index contributed by atoms with van der Waals surface area (Å²) in [5.74, 6) is 2.62. The van der Waals surface area contributed by atoms with Crippen molar-refractivity contribution in [2.75, 3.05) is 58.9 Å². The zero-order valence-electron chi connectivity index (χ0n) is 20.1. The molecule has 0 aromatic heterocycles. The summed E-state index contributed by atoms with van der Waals surface area (Å²) in [5, 5.41) is 3.19. The van der Waals surface area contributed by atoms with Crippen LogP contribution in [0.1, 0.15) is 11.1 Å². The van der Waals surface area contributed by atoms with E-state index in [1.807, 2.05) is 60.7 Å². The van der Waals surface area contributed by atoms with Crippen LogP contribution in [0.4, 0.5) is 9.59 Å². The van der Waals surface area contributed by atoms with Gasteiger partial charge in [-0.25, -0.2) is 9.59 Å². The van der Waals surface area contributed by atoms with Crippen LogP contribution < -0.4 is 5.32 Å². The maximum atomic E-state index is 11.9. The lowest BCUT2D eigenvalue weighted by Gasteiger charge is -2.32. The Morgan fingerprint density at radius 2 is 1.20 bits per heavy atom. The molecule has 0 unspecified atom stereocenters. The van der Waals surface area contributed by atoms with E-state index >= 15 is 0 Å². The molecule has 2 saturated heterocycles. The second-order valence-corrected chi connectivity index (χ2v) is 8.28. The number of hydrogen-bond acceptors (Lipinski definition) is 6. The van der Waals surface area contributed by atoms with Crippen LogP contribution in [-0.4, -0.2) is 85.8 Å². The third-order valence-corrected chi connectivity index (χ3v) is 5.73. The Morgan fingerprint density at radius 3 is 1.66 bits per heavy atom. The Hall–Kier alpha value is -3.54. The molecule has 2 aromatic rings. The maximum absolute atomic E-state index is 11.9. The first-order valence-electron chi connectivity index (χ1n) is 11.9. The number of rotatable bonds is 5. The van der Waals surface area contributed by atoms with Gasteiger partial charge in [0, 0.05) is 52.4 Å². The number of terminal acetylenes is 1. The molecule has 0 radical (unpaired) electrons. The average Bonchev–Trinajstić information content (AvgIpc) is 2.93. The standard InChI is InChI=1S/C15H18N2O2.C12H16N2O2/c1-2-8-16-9-11-17(12-10-16)15(18)19-13-14-6-4-3-5-7-14;15-12(14-8-6-13-7-9-14)16-10-11-4-2-1-3-5-11/h1,3-7H,8-13H2;1-5,13H,6-10H2. The number of nitrogens with one attached hydrogen (secondary N) is 1. The van der Waals surface area contributed by atoms with Crippen molar-refractivity contribution in [3.8, 4) is 12.3 Å². The molecule has 0 aliphatic carbocycles. The number of nitrogens with zero attached hydrogens (tertiary/aromatic N) is 3. The molecule has 2 aliphatic rings. The highest BCUT2D eigenvalue weighted by Crippen LogP contribution is 2.07. The number of carbonyl (C=O) groups is 2. The number of amides is 2. The van der Waals surface area contributed by atoms with E-state index in [1.54, 1.807) is 9.80 Å². The smallest absolute Gasteiger partial charge is 0.410 e. The van der Waals surface area contributed by atoms with Gasteiger partial charge in [-0.15, -0.1) is 6.42 Å². The van der Waals surface area contributed by atoms with E-state index in [9.17, 15) is 9.59 Å². The van der Waals surface area contributed by atoms with Crippen molar-refractivity contribution >= 4 is 12.2 Å². The number of carbonyl (C=O) groups excluding carboxylic acids is 2. The van der Waals surface area contributed by atoms with E-state index < -0.39 is 0 Å². The van der Waals surface area contributed by atoms with Gasteiger partial charge >= 0.3 is 12.2 Å². The van der Waals surface area contributed by atoms with E-state index in [4.69, 9.17) is 15.9 Å². The highest BCUT2D eigenvalue weighted by Gasteiger charge is 2.21. The lowest BCUT2D eigenvalue weighted by atomic mass is 10.2. The van der Waals surface area contributed by atoms with Crippen LogP contribution in [0, 0.1) is 12.3 Å². The van der Waals surface area contributed by atoms with Crippen molar-refractivity contribution in [1.29, 1.82) is 0 Å². The van der Waals surface area contributed by atoms with Gasteiger partial charge in [0.1, 0.15) is 13.2 Å². The van der Waals surface area contributed by atoms with Gasteiger partial charge in [0.25, 0.3) is 0 Å². The normalized spacial score (nSPS) is 15.9. The second-order valence-electron chi connectivity index (χ2n) is 8.28. The molecule has 186 valence electrons. The molecule has 8 nitrogen and oxygen atoms in total. The zero-order chi connectivity index (χ0) is 24.7. The fourth-order valence-electron chi connectivity index (χ4n) is 3.69. The minimum atomic E-state index is -0.246. The average molecular weight is 479 g/mol. The molecule has 2 heterocycles. The van der Waals surface area contributed by atoms with Gasteiger partial charge in [0.15, 0.2) is 0 Å². The zero-order valence-corrected chi connectivity index (χ0v) is 20.1. The molecule has 0 bridgehead atoms. The maximum Gasteiger partial charge on any atom is 0.410 e. The van der Waals surface area contributed by atoms with Crippen LogP contribution in [0.5, 0.6) is 0 Å². The monoisotopic (exact) mass is 478 g/mol. The van der Waals surface area contributed by atoms with Gasteiger partial charge in [-0.05, 0) is 11.1 Å².